The minimum atomic E-state index is -0.217. The molecule has 3 N–H and O–H groups in total. The number of carbonyl (C=O) groups excluding carboxylic acids is 1. The molecule has 1 unspecified atom stereocenters. The van der Waals surface area contributed by atoms with E-state index in [0.717, 1.165) is 12.2 Å². The minimum Gasteiger partial charge on any atom is -0.394 e. The molecule has 1 aromatic carbocycles. The molecule has 1 aromatic rings. The van der Waals surface area contributed by atoms with E-state index < -0.39 is 0 Å². The Bertz CT molecular complexity index is 378. The highest BCUT2D eigenvalue weighted by Crippen LogP contribution is 2.17. The summed E-state index contributed by atoms with van der Waals surface area (Å²) in [7, 11) is 0. The Morgan fingerprint density at radius 2 is 2.05 bits per heavy atom. The van der Waals surface area contributed by atoms with Crippen molar-refractivity contribution in [1.29, 1.82) is 0 Å². The normalized spacial score (nSPS) is 11.9. The summed E-state index contributed by atoms with van der Waals surface area (Å²) in [4.78, 5) is 12.7. The summed E-state index contributed by atoms with van der Waals surface area (Å²) in [6.45, 7) is 4.56. The van der Waals surface area contributed by atoms with Crippen molar-refractivity contribution in [2.24, 2.45) is 0 Å². The third-order valence-electron chi connectivity index (χ3n) is 2.73. The van der Waals surface area contributed by atoms with Crippen molar-refractivity contribution in [3.63, 3.8) is 0 Å². The molecular formula is C14H22N2O2S. The summed E-state index contributed by atoms with van der Waals surface area (Å²) in [5.74, 6) is 0.826. The Morgan fingerprint density at radius 3 is 2.63 bits per heavy atom. The summed E-state index contributed by atoms with van der Waals surface area (Å²) in [6.07, 6.45) is 0.724. The Morgan fingerprint density at radius 1 is 1.37 bits per heavy atom. The molecule has 4 nitrogen and oxygen atoms in total. The molecule has 1 rings (SSSR count). The van der Waals surface area contributed by atoms with E-state index in [0.29, 0.717) is 6.54 Å². The molecule has 0 saturated heterocycles. The predicted octanol–water partition coefficient (Wildman–Crippen LogP) is 2.16. The van der Waals surface area contributed by atoms with Gasteiger partial charge in [-0.2, -0.15) is 0 Å². The van der Waals surface area contributed by atoms with Crippen molar-refractivity contribution >= 4 is 17.8 Å². The van der Waals surface area contributed by atoms with Gasteiger partial charge < -0.3 is 15.7 Å². The molecule has 0 saturated carbocycles. The fraction of sp³-hybridized carbons (Fsp3) is 0.500. The van der Waals surface area contributed by atoms with Crippen molar-refractivity contribution in [3.05, 3.63) is 29.8 Å². The fourth-order valence-corrected chi connectivity index (χ4v) is 2.25. The van der Waals surface area contributed by atoms with Gasteiger partial charge >= 0.3 is 6.03 Å². The molecule has 106 valence electrons. The number of aryl methyl sites for hydroxylation is 1. The molecular weight excluding hydrogens is 260 g/mol. The van der Waals surface area contributed by atoms with Crippen LogP contribution in [0.5, 0.6) is 0 Å². The minimum absolute atomic E-state index is 0.0258. The van der Waals surface area contributed by atoms with E-state index in [-0.39, 0.29) is 18.7 Å². The second kappa shape index (κ2) is 8.82. The number of aliphatic hydroxyl groups is 1. The van der Waals surface area contributed by atoms with Crippen LogP contribution in [0.4, 0.5) is 4.79 Å². The number of amides is 2. The van der Waals surface area contributed by atoms with E-state index in [9.17, 15) is 4.79 Å². The van der Waals surface area contributed by atoms with Crippen molar-refractivity contribution in [2.45, 2.75) is 31.2 Å². The number of benzene rings is 1. The molecule has 2 amide bonds. The third-order valence-corrected chi connectivity index (χ3v) is 3.74. The summed E-state index contributed by atoms with van der Waals surface area (Å²) in [6, 6.07) is 7.94. The van der Waals surface area contributed by atoms with Gasteiger partial charge in [-0.1, -0.05) is 24.6 Å². The standard InChI is InChI=1S/C14H22N2O2S/c1-3-12(10-17)16-14(18)15-8-9-19-13-6-4-11(2)5-7-13/h4-7,12,17H,3,8-10H2,1-2H3,(H2,15,16,18). The van der Waals surface area contributed by atoms with Crippen LogP contribution in [0.1, 0.15) is 18.9 Å². The highest BCUT2D eigenvalue weighted by atomic mass is 32.2. The number of thioether (sulfide) groups is 1. The number of hydrogen-bond donors (Lipinski definition) is 3. The molecule has 0 aromatic heterocycles. The van der Waals surface area contributed by atoms with Gasteiger partial charge in [0.15, 0.2) is 0 Å². The van der Waals surface area contributed by atoms with E-state index in [1.165, 1.54) is 10.5 Å². The van der Waals surface area contributed by atoms with E-state index in [2.05, 4.69) is 41.8 Å². The SMILES string of the molecule is CCC(CO)NC(=O)NCCSc1ccc(C)cc1. The highest BCUT2D eigenvalue weighted by molar-refractivity contribution is 7.99. The van der Waals surface area contributed by atoms with Gasteiger partial charge in [0.25, 0.3) is 0 Å². The van der Waals surface area contributed by atoms with Crippen LogP contribution in [0.25, 0.3) is 0 Å². The molecule has 0 aliphatic rings. The van der Waals surface area contributed by atoms with Crippen LogP contribution in [0.3, 0.4) is 0 Å². The summed E-state index contributed by atoms with van der Waals surface area (Å²) in [5, 5.41) is 14.5. The number of hydrogen-bond acceptors (Lipinski definition) is 3. The van der Waals surface area contributed by atoms with Crippen LogP contribution in [-0.2, 0) is 0 Å². The Hall–Kier alpha value is -1.20. The second-order valence-corrected chi connectivity index (χ2v) is 5.52. The molecule has 1 atom stereocenters. The maximum absolute atomic E-state index is 11.5. The number of urea groups is 1. The molecule has 0 fully saturated rings. The van der Waals surface area contributed by atoms with Crippen LogP contribution in [0, 0.1) is 6.92 Å². The van der Waals surface area contributed by atoms with Gasteiger partial charge in [0.1, 0.15) is 0 Å². The molecule has 0 bridgehead atoms. The first kappa shape index (κ1) is 15.9. The number of carbonyl (C=O) groups is 1. The summed E-state index contributed by atoms with van der Waals surface area (Å²) >= 11 is 1.71. The monoisotopic (exact) mass is 282 g/mol. The fourth-order valence-electron chi connectivity index (χ4n) is 1.48. The Kier molecular flexibility index (Phi) is 7.36. The van der Waals surface area contributed by atoms with Crippen LogP contribution < -0.4 is 10.6 Å². The third kappa shape index (κ3) is 6.50. The molecule has 0 aliphatic heterocycles. The van der Waals surface area contributed by atoms with Crippen molar-refractivity contribution in [1.82, 2.24) is 10.6 Å². The maximum Gasteiger partial charge on any atom is 0.315 e. The van der Waals surface area contributed by atoms with Crippen LogP contribution in [0.2, 0.25) is 0 Å². The molecule has 19 heavy (non-hydrogen) atoms. The molecule has 0 aliphatic carbocycles. The molecule has 0 heterocycles. The predicted molar refractivity (Wildman–Crippen MR) is 79.6 cm³/mol. The molecule has 0 radical (unpaired) electrons. The van der Waals surface area contributed by atoms with Gasteiger partial charge in [0, 0.05) is 17.2 Å². The lowest BCUT2D eigenvalue weighted by atomic mass is 10.2. The number of nitrogens with one attached hydrogen (secondary N) is 2. The number of rotatable bonds is 7. The van der Waals surface area contributed by atoms with Crippen molar-refractivity contribution in [3.8, 4) is 0 Å². The zero-order valence-electron chi connectivity index (χ0n) is 11.5. The van der Waals surface area contributed by atoms with Crippen molar-refractivity contribution in [2.75, 3.05) is 18.9 Å². The lowest BCUT2D eigenvalue weighted by Gasteiger charge is -2.14. The lowest BCUT2D eigenvalue weighted by molar-refractivity contribution is 0.215. The summed E-state index contributed by atoms with van der Waals surface area (Å²) < 4.78 is 0. The van der Waals surface area contributed by atoms with Gasteiger partial charge in [-0.05, 0) is 25.5 Å². The van der Waals surface area contributed by atoms with Gasteiger partial charge in [-0.25, -0.2) is 4.79 Å². The van der Waals surface area contributed by atoms with E-state index in [1.54, 1.807) is 11.8 Å². The smallest absolute Gasteiger partial charge is 0.315 e. The van der Waals surface area contributed by atoms with E-state index >= 15 is 0 Å². The lowest BCUT2D eigenvalue weighted by Crippen LogP contribution is -2.44. The average molecular weight is 282 g/mol. The quantitative estimate of drug-likeness (QED) is 0.530. The largest absolute Gasteiger partial charge is 0.394 e. The van der Waals surface area contributed by atoms with E-state index in [1.807, 2.05) is 6.92 Å². The second-order valence-electron chi connectivity index (χ2n) is 4.35. The molecule has 0 spiro atoms. The average Bonchev–Trinajstić information content (AvgIpc) is 2.43. The topological polar surface area (TPSA) is 61.4 Å². The van der Waals surface area contributed by atoms with Crippen LogP contribution >= 0.6 is 11.8 Å². The van der Waals surface area contributed by atoms with Crippen LogP contribution in [0.15, 0.2) is 29.2 Å². The van der Waals surface area contributed by atoms with Gasteiger partial charge in [0.2, 0.25) is 0 Å². The van der Waals surface area contributed by atoms with Crippen molar-refractivity contribution < 1.29 is 9.90 Å². The zero-order valence-corrected chi connectivity index (χ0v) is 12.3. The van der Waals surface area contributed by atoms with E-state index in [4.69, 9.17) is 5.11 Å². The first-order valence-electron chi connectivity index (χ1n) is 6.50. The van der Waals surface area contributed by atoms with Gasteiger partial charge in [-0.15, -0.1) is 11.8 Å². The highest BCUT2D eigenvalue weighted by Gasteiger charge is 2.07. The molecule has 5 heteroatoms. The number of aliphatic hydroxyl groups excluding tert-OH is 1. The Balaban J connectivity index is 2.16. The Labute approximate surface area is 119 Å². The first-order chi connectivity index (χ1) is 9.15. The van der Waals surface area contributed by atoms with Crippen LogP contribution in [-0.4, -0.2) is 36.1 Å². The zero-order chi connectivity index (χ0) is 14.1. The first-order valence-corrected chi connectivity index (χ1v) is 7.49. The summed E-state index contributed by atoms with van der Waals surface area (Å²) in [5.41, 5.74) is 1.25. The van der Waals surface area contributed by atoms with Gasteiger partial charge in [-0.3, -0.25) is 0 Å². The van der Waals surface area contributed by atoms with Gasteiger partial charge in [0.05, 0.1) is 12.6 Å². The maximum atomic E-state index is 11.5.